The van der Waals surface area contributed by atoms with E-state index in [0.29, 0.717) is 0 Å². The van der Waals surface area contributed by atoms with Gasteiger partial charge in [-0.25, -0.2) is 0 Å². The molecular formula is C5H7N3S. The van der Waals surface area contributed by atoms with Gasteiger partial charge in [-0.1, -0.05) is 6.08 Å². The molecule has 0 bridgehead atoms. The van der Waals surface area contributed by atoms with Crippen molar-refractivity contribution in [3.63, 3.8) is 0 Å². The molecule has 0 aromatic carbocycles. The van der Waals surface area contributed by atoms with Crippen molar-refractivity contribution in [1.82, 2.24) is 15.4 Å². The second kappa shape index (κ2) is 2.68. The minimum absolute atomic E-state index is 0.779. The Morgan fingerprint density at radius 3 is 3.11 bits per heavy atom. The van der Waals surface area contributed by atoms with Crippen molar-refractivity contribution in [2.45, 2.75) is 6.92 Å². The number of rotatable bonds is 1. The van der Waals surface area contributed by atoms with E-state index < -0.39 is 0 Å². The molecule has 48 valence electrons. The number of H-pyrrole nitrogens is 1. The zero-order chi connectivity index (χ0) is 6.69. The summed E-state index contributed by atoms with van der Waals surface area (Å²) in [5.74, 6) is 0. The van der Waals surface area contributed by atoms with Crippen LogP contribution in [-0.2, 0) is 0 Å². The molecular weight excluding hydrogens is 134 g/mol. The van der Waals surface area contributed by atoms with Gasteiger partial charge in [-0.3, -0.25) is 0 Å². The molecule has 4 heteroatoms. The summed E-state index contributed by atoms with van der Waals surface area (Å²) in [5, 5.41) is 9.93. The van der Waals surface area contributed by atoms with Gasteiger partial charge in [0, 0.05) is 4.91 Å². The second-order valence-electron chi connectivity index (χ2n) is 1.53. The summed E-state index contributed by atoms with van der Waals surface area (Å²) < 4.78 is 0. The zero-order valence-electron chi connectivity index (χ0n) is 5.00. The minimum atomic E-state index is 0.779. The smallest absolute Gasteiger partial charge is 0.118 e. The molecule has 0 atom stereocenters. The molecule has 0 radical (unpaired) electrons. The van der Waals surface area contributed by atoms with Gasteiger partial charge in [-0.2, -0.15) is 15.4 Å². The molecule has 1 aromatic rings. The fourth-order valence-corrected chi connectivity index (χ4v) is 0.581. The lowest BCUT2D eigenvalue weighted by Gasteiger charge is -1.86. The Hall–Kier alpha value is -0.770. The molecule has 1 N–H and O–H groups in total. The highest BCUT2D eigenvalue weighted by molar-refractivity contribution is 7.90. The molecule has 0 fully saturated rings. The third-order valence-corrected chi connectivity index (χ3v) is 1.44. The summed E-state index contributed by atoms with van der Waals surface area (Å²) in [7, 11) is 0. The van der Waals surface area contributed by atoms with Crippen molar-refractivity contribution in [2.24, 2.45) is 0 Å². The summed E-state index contributed by atoms with van der Waals surface area (Å²) in [4.78, 5) is 0.837. The van der Waals surface area contributed by atoms with Gasteiger partial charge < -0.3 is 0 Å². The van der Waals surface area contributed by atoms with E-state index in [2.05, 4.69) is 28.0 Å². The van der Waals surface area contributed by atoms with Gasteiger partial charge in [0.1, 0.15) is 5.69 Å². The number of aromatic nitrogens is 3. The Labute approximate surface area is 58.6 Å². The highest BCUT2D eigenvalue weighted by Crippen LogP contribution is 2.12. The number of nitrogens with zero attached hydrogens (tertiary/aromatic N) is 2. The molecule has 0 saturated heterocycles. The molecule has 9 heavy (non-hydrogen) atoms. The van der Waals surface area contributed by atoms with Gasteiger partial charge in [0.05, 0.1) is 6.20 Å². The highest BCUT2D eigenvalue weighted by atomic mass is 32.1. The van der Waals surface area contributed by atoms with E-state index >= 15 is 0 Å². The Balaban J connectivity index is 2.90. The standard InChI is InChI=1S/C5H7N3S/c1-2-5(9)4-3-6-8-7-4/h2-3,9H,1H3,(H,6,7,8)/b5-2-. The molecule has 0 amide bonds. The van der Waals surface area contributed by atoms with Crippen LogP contribution in [0.25, 0.3) is 4.91 Å². The van der Waals surface area contributed by atoms with Gasteiger partial charge in [0.2, 0.25) is 0 Å². The van der Waals surface area contributed by atoms with Gasteiger partial charge in [-0.05, 0) is 6.92 Å². The van der Waals surface area contributed by atoms with E-state index in [1.165, 1.54) is 0 Å². The summed E-state index contributed by atoms with van der Waals surface area (Å²) in [6.07, 6.45) is 3.49. The van der Waals surface area contributed by atoms with Crippen molar-refractivity contribution in [3.05, 3.63) is 18.0 Å². The van der Waals surface area contributed by atoms with Gasteiger partial charge in [0.15, 0.2) is 0 Å². The molecule has 0 spiro atoms. The predicted molar refractivity (Wildman–Crippen MR) is 39.0 cm³/mol. The maximum atomic E-state index is 4.12. The summed E-state index contributed by atoms with van der Waals surface area (Å²) in [5.41, 5.74) is 0.779. The number of aromatic amines is 1. The van der Waals surface area contributed by atoms with Crippen LogP contribution in [0, 0.1) is 0 Å². The molecule has 0 aliphatic heterocycles. The van der Waals surface area contributed by atoms with Crippen LogP contribution in [-0.4, -0.2) is 15.4 Å². The van der Waals surface area contributed by atoms with Crippen molar-refractivity contribution >= 4 is 17.5 Å². The predicted octanol–water partition coefficient (Wildman–Crippen LogP) is 1.10. The van der Waals surface area contributed by atoms with Crippen molar-refractivity contribution in [2.75, 3.05) is 0 Å². The summed E-state index contributed by atoms with van der Waals surface area (Å²) >= 11 is 4.12. The summed E-state index contributed by atoms with van der Waals surface area (Å²) in [6, 6.07) is 0. The summed E-state index contributed by atoms with van der Waals surface area (Å²) in [6.45, 7) is 1.90. The lowest BCUT2D eigenvalue weighted by atomic mass is 10.4. The average molecular weight is 141 g/mol. The fourth-order valence-electron chi connectivity index (χ4n) is 0.473. The van der Waals surface area contributed by atoms with Crippen LogP contribution in [0.4, 0.5) is 0 Å². The maximum absolute atomic E-state index is 4.12. The Bertz CT molecular complexity index is 202. The lowest BCUT2D eigenvalue weighted by molar-refractivity contribution is 0.937. The second-order valence-corrected chi connectivity index (χ2v) is 2.01. The SMILES string of the molecule is C/C=C(\S)c1cn[nH]n1. The topological polar surface area (TPSA) is 41.6 Å². The molecule has 3 nitrogen and oxygen atoms in total. The first kappa shape index (κ1) is 6.35. The van der Waals surface area contributed by atoms with E-state index in [0.717, 1.165) is 10.6 Å². The highest BCUT2D eigenvalue weighted by Gasteiger charge is 1.94. The number of hydrogen-bond donors (Lipinski definition) is 2. The number of nitrogens with one attached hydrogen (secondary N) is 1. The van der Waals surface area contributed by atoms with Crippen molar-refractivity contribution in [1.29, 1.82) is 0 Å². The van der Waals surface area contributed by atoms with Crippen LogP contribution in [0.2, 0.25) is 0 Å². The van der Waals surface area contributed by atoms with Crippen LogP contribution >= 0.6 is 12.6 Å². The largest absolute Gasteiger partial charge is 0.197 e. The van der Waals surface area contributed by atoms with E-state index in [-0.39, 0.29) is 0 Å². The van der Waals surface area contributed by atoms with Gasteiger partial charge in [-0.15, -0.1) is 12.6 Å². The fraction of sp³-hybridized carbons (Fsp3) is 0.200. The van der Waals surface area contributed by atoms with E-state index in [9.17, 15) is 0 Å². The monoisotopic (exact) mass is 141 g/mol. The quantitative estimate of drug-likeness (QED) is 0.575. The van der Waals surface area contributed by atoms with E-state index in [4.69, 9.17) is 0 Å². The van der Waals surface area contributed by atoms with Crippen molar-refractivity contribution < 1.29 is 0 Å². The maximum Gasteiger partial charge on any atom is 0.118 e. The first-order valence-electron chi connectivity index (χ1n) is 2.56. The molecule has 0 saturated carbocycles. The van der Waals surface area contributed by atoms with E-state index in [1.54, 1.807) is 6.20 Å². The van der Waals surface area contributed by atoms with Gasteiger partial charge in [0.25, 0.3) is 0 Å². The number of allylic oxidation sites excluding steroid dienone is 1. The van der Waals surface area contributed by atoms with Crippen LogP contribution < -0.4 is 0 Å². The molecule has 0 aliphatic carbocycles. The third-order valence-electron chi connectivity index (χ3n) is 0.951. The number of thiol groups is 1. The lowest BCUT2D eigenvalue weighted by Crippen LogP contribution is -1.74. The first-order valence-corrected chi connectivity index (χ1v) is 3.00. The minimum Gasteiger partial charge on any atom is -0.197 e. The van der Waals surface area contributed by atoms with Crippen LogP contribution in [0.3, 0.4) is 0 Å². The Morgan fingerprint density at radius 2 is 2.67 bits per heavy atom. The Kier molecular flexibility index (Phi) is 1.89. The van der Waals surface area contributed by atoms with Crippen LogP contribution in [0.1, 0.15) is 12.6 Å². The first-order chi connectivity index (χ1) is 4.34. The molecule has 1 rings (SSSR count). The van der Waals surface area contributed by atoms with Crippen LogP contribution in [0.5, 0.6) is 0 Å². The van der Waals surface area contributed by atoms with Gasteiger partial charge >= 0.3 is 0 Å². The van der Waals surface area contributed by atoms with E-state index in [1.807, 2.05) is 13.0 Å². The average Bonchev–Trinajstić information content (AvgIpc) is 2.37. The molecule has 1 aromatic heterocycles. The Morgan fingerprint density at radius 1 is 1.89 bits per heavy atom. The zero-order valence-corrected chi connectivity index (χ0v) is 5.89. The van der Waals surface area contributed by atoms with Crippen molar-refractivity contribution in [3.8, 4) is 0 Å². The molecule has 0 aliphatic rings. The number of hydrogen-bond acceptors (Lipinski definition) is 3. The van der Waals surface area contributed by atoms with Crippen LogP contribution in [0.15, 0.2) is 12.3 Å². The normalized spacial score (nSPS) is 12.0. The molecule has 0 unspecified atom stereocenters. The molecule has 1 heterocycles. The third kappa shape index (κ3) is 1.32.